The normalized spacial score (nSPS) is 14.6. The Hall–Kier alpha value is -0.760. The maximum atomic E-state index is 12.8. The Kier molecular flexibility index (Phi) is 33.5. The average molecular weight is 731 g/mol. The molecule has 2 N–H and O–H groups in total. The summed E-state index contributed by atoms with van der Waals surface area (Å²) in [7, 11) is 1.27. The molecule has 0 aromatic carbocycles. The Morgan fingerprint density at radius 1 is 0.680 bits per heavy atom. The van der Waals surface area contributed by atoms with Gasteiger partial charge in [0.1, 0.15) is 13.2 Å². The van der Waals surface area contributed by atoms with Crippen LogP contribution >= 0.6 is 7.82 Å². The third-order valence-electron chi connectivity index (χ3n) is 9.50. The minimum absolute atomic E-state index is 0.00144. The average Bonchev–Trinajstić information content (AvgIpc) is 3.06. The molecule has 0 aliphatic heterocycles. The Morgan fingerprint density at radius 2 is 1.08 bits per heavy atom. The number of likely N-dealkylation sites (N-methyl/N-ethyl adjacent to an activating group) is 1. The fourth-order valence-electron chi connectivity index (χ4n) is 6.09. The molecule has 0 bridgehead atoms. The molecule has 0 aromatic rings. The van der Waals surface area contributed by atoms with Gasteiger partial charge in [-0.25, -0.2) is 0 Å². The van der Waals surface area contributed by atoms with Gasteiger partial charge in [-0.1, -0.05) is 180 Å². The Labute approximate surface area is 310 Å². The van der Waals surface area contributed by atoms with E-state index in [1.54, 1.807) is 6.08 Å². The molecule has 0 spiro atoms. The van der Waals surface area contributed by atoms with E-state index in [-0.39, 0.29) is 19.1 Å². The molecule has 0 radical (unpaired) electrons. The summed E-state index contributed by atoms with van der Waals surface area (Å²) in [5.41, 5.74) is 0. The van der Waals surface area contributed by atoms with E-state index >= 15 is 0 Å². The molecule has 1 amide bonds. The Balaban J connectivity index is 4.23. The molecule has 0 aliphatic rings. The first-order chi connectivity index (χ1) is 24.0. The van der Waals surface area contributed by atoms with Crippen molar-refractivity contribution in [2.24, 2.45) is 0 Å². The van der Waals surface area contributed by atoms with Gasteiger partial charge >= 0.3 is 0 Å². The van der Waals surface area contributed by atoms with Gasteiger partial charge in [-0.15, -0.1) is 0 Å². The molecule has 0 saturated heterocycles. The van der Waals surface area contributed by atoms with Gasteiger partial charge in [-0.3, -0.25) is 9.36 Å². The second kappa shape index (κ2) is 34.0. The molecule has 0 rings (SSSR count). The minimum Gasteiger partial charge on any atom is -0.756 e. The van der Waals surface area contributed by atoms with Crippen molar-refractivity contribution in [2.75, 3.05) is 40.9 Å². The first-order valence-corrected chi connectivity index (χ1v) is 22.5. The number of carbonyl (C=O) groups is 1. The molecule has 298 valence electrons. The van der Waals surface area contributed by atoms with Crippen molar-refractivity contribution in [1.82, 2.24) is 5.32 Å². The standard InChI is InChI=1S/C41H83N2O6P/c1-6-8-10-12-14-16-17-18-19-20-21-22-23-24-25-26-27-29-31-33-35-41(45)42-39(38-49-50(46,47)48-37-36-43(3,4)5)40(44)34-32-30-28-15-13-11-9-7-2/h32,34,39-40,44H,6-31,33,35-38H2,1-5H3,(H-,42,45,46,47)/b34-32+. The number of phosphoric acid groups is 1. The van der Waals surface area contributed by atoms with Crippen LogP contribution in [0.1, 0.15) is 194 Å². The zero-order valence-electron chi connectivity index (χ0n) is 33.6. The molecule has 0 fully saturated rings. The number of unbranched alkanes of at least 4 members (excludes halogenated alkanes) is 25. The van der Waals surface area contributed by atoms with Crippen molar-refractivity contribution in [3.63, 3.8) is 0 Å². The smallest absolute Gasteiger partial charge is 0.268 e. The van der Waals surface area contributed by atoms with Gasteiger partial charge in [0.2, 0.25) is 5.91 Å². The maximum Gasteiger partial charge on any atom is 0.268 e. The van der Waals surface area contributed by atoms with Crippen molar-refractivity contribution in [3.05, 3.63) is 12.2 Å². The lowest BCUT2D eigenvalue weighted by atomic mass is 10.0. The highest BCUT2D eigenvalue weighted by Crippen LogP contribution is 2.38. The summed E-state index contributed by atoms with van der Waals surface area (Å²) in [4.78, 5) is 25.1. The van der Waals surface area contributed by atoms with Crippen molar-refractivity contribution in [3.8, 4) is 0 Å². The molecular weight excluding hydrogens is 647 g/mol. The molecule has 50 heavy (non-hydrogen) atoms. The monoisotopic (exact) mass is 731 g/mol. The van der Waals surface area contributed by atoms with E-state index in [0.29, 0.717) is 17.4 Å². The highest BCUT2D eigenvalue weighted by molar-refractivity contribution is 7.45. The molecule has 0 aromatic heterocycles. The van der Waals surface area contributed by atoms with Gasteiger partial charge in [-0.2, -0.15) is 0 Å². The van der Waals surface area contributed by atoms with E-state index in [1.165, 1.54) is 135 Å². The Bertz CT molecular complexity index is 834. The maximum absolute atomic E-state index is 12.8. The van der Waals surface area contributed by atoms with Crippen LogP contribution < -0.4 is 10.2 Å². The number of allylic oxidation sites excluding steroid dienone is 1. The molecule has 0 aliphatic carbocycles. The van der Waals surface area contributed by atoms with E-state index in [9.17, 15) is 19.4 Å². The highest BCUT2D eigenvalue weighted by atomic mass is 31.2. The van der Waals surface area contributed by atoms with Crippen molar-refractivity contribution >= 4 is 13.7 Å². The van der Waals surface area contributed by atoms with Crippen LogP contribution in [-0.4, -0.2) is 68.5 Å². The summed E-state index contributed by atoms with van der Waals surface area (Å²) in [5.74, 6) is -0.198. The Morgan fingerprint density at radius 3 is 1.50 bits per heavy atom. The number of phosphoric ester groups is 1. The lowest BCUT2D eigenvalue weighted by Gasteiger charge is -2.29. The van der Waals surface area contributed by atoms with Crippen LogP contribution in [-0.2, 0) is 18.4 Å². The van der Waals surface area contributed by atoms with Crippen molar-refractivity contribution in [2.45, 2.75) is 206 Å². The molecule has 3 unspecified atom stereocenters. The predicted octanol–water partition coefficient (Wildman–Crippen LogP) is 10.6. The largest absolute Gasteiger partial charge is 0.756 e. The predicted molar refractivity (Wildman–Crippen MR) is 210 cm³/mol. The number of quaternary nitrogens is 1. The quantitative estimate of drug-likeness (QED) is 0.0283. The molecule has 8 nitrogen and oxygen atoms in total. The van der Waals surface area contributed by atoms with Crippen molar-refractivity contribution < 1.29 is 32.9 Å². The number of aliphatic hydroxyl groups is 1. The lowest BCUT2D eigenvalue weighted by molar-refractivity contribution is -0.870. The summed E-state index contributed by atoms with van der Waals surface area (Å²) in [5, 5.41) is 13.7. The van der Waals surface area contributed by atoms with Crippen LogP contribution in [0.25, 0.3) is 0 Å². The zero-order valence-corrected chi connectivity index (χ0v) is 34.5. The van der Waals surface area contributed by atoms with Crippen LogP contribution in [0.2, 0.25) is 0 Å². The SMILES string of the molecule is CCCCCCCC/C=C/C(O)C(COP(=O)([O-])OCC[N+](C)(C)C)NC(=O)CCCCCCCCCCCCCCCCCCCCCC. The number of aliphatic hydroxyl groups excluding tert-OH is 1. The van der Waals surface area contributed by atoms with Crippen LogP contribution in [0.3, 0.4) is 0 Å². The molecule has 3 atom stereocenters. The summed E-state index contributed by atoms with van der Waals surface area (Å²) < 4.78 is 23.1. The van der Waals surface area contributed by atoms with Crippen LogP contribution in [0.4, 0.5) is 0 Å². The van der Waals surface area contributed by atoms with E-state index in [2.05, 4.69) is 19.2 Å². The van der Waals surface area contributed by atoms with Gasteiger partial charge in [0.25, 0.3) is 7.82 Å². The number of nitrogens with one attached hydrogen (secondary N) is 1. The second-order valence-electron chi connectivity index (χ2n) is 15.7. The first kappa shape index (κ1) is 49.2. The topological polar surface area (TPSA) is 108 Å². The third-order valence-corrected chi connectivity index (χ3v) is 10.5. The van der Waals surface area contributed by atoms with E-state index in [0.717, 1.165) is 38.5 Å². The first-order valence-electron chi connectivity index (χ1n) is 21.1. The second-order valence-corrected chi connectivity index (χ2v) is 17.1. The summed E-state index contributed by atoms with van der Waals surface area (Å²) >= 11 is 0. The number of nitrogens with zero attached hydrogens (tertiary/aromatic N) is 1. The highest BCUT2D eigenvalue weighted by Gasteiger charge is 2.23. The minimum atomic E-state index is -4.57. The number of rotatable bonds is 38. The molecule has 0 saturated carbocycles. The fourth-order valence-corrected chi connectivity index (χ4v) is 6.82. The van der Waals surface area contributed by atoms with E-state index in [4.69, 9.17) is 9.05 Å². The van der Waals surface area contributed by atoms with E-state index in [1.807, 2.05) is 27.2 Å². The summed E-state index contributed by atoms with van der Waals surface area (Å²) in [6.07, 6.45) is 37.0. The molecule has 0 heterocycles. The fraction of sp³-hybridized carbons (Fsp3) is 0.927. The number of hydrogen-bond acceptors (Lipinski definition) is 6. The summed E-state index contributed by atoms with van der Waals surface area (Å²) in [6.45, 7) is 4.61. The number of hydrogen-bond donors (Lipinski definition) is 2. The van der Waals surface area contributed by atoms with Crippen molar-refractivity contribution in [1.29, 1.82) is 0 Å². The van der Waals surface area contributed by atoms with E-state index < -0.39 is 20.0 Å². The third kappa shape index (κ3) is 35.6. The molecular formula is C41H83N2O6P. The van der Waals surface area contributed by atoms with Gasteiger partial charge in [0, 0.05) is 6.42 Å². The number of carbonyl (C=O) groups excluding carboxylic acids is 1. The lowest BCUT2D eigenvalue weighted by Crippen LogP contribution is -2.45. The summed E-state index contributed by atoms with van der Waals surface area (Å²) in [6, 6.07) is -0.877. The zero-order chi connectivity index (χ0) is 37.2. The van der Waals surface area contributed by atoms with Gasteiger partial charge in [-0.05, 0) is 19.3 Å². The van der Waals surface area contributed by atoms with Gasteiger partial charge in [0.15, 0.2) is 0 Å². The molecule has 9 heteroatoms. The van der Waals surface area contributed by atoms with Gasteiger partial charge in [0.05, 0.1) is 39.9 Å². The van der Waals surface area contributed by atoms with Crippen LogP contribution in [0, 0.1) is 0 Å². The van der Waals surface area contributed by atoms with Crippen LogP contribution in [0.15, 0.2) is 12.2 Å². The van der Waals surface area contributed by atoms with Gasteiger partial charge < -0.3 is 28.8 Å². The van der Waals surface area contributed by atoms with Crippen LogP contribution in [0.5, 0.6) is 0 Å². The number of amides is 1.